The van der Waals surface area contributed by atoms with Crippen LogP contribution in [0.15, 0.2) is 36.4 Å². The molecule has 0 spiro atoms. The van der Waals surface area contributed by atoms with E-state index in [-0.39, 0.29) is 11.4 Å². The number of nitro groups is 1. The van der Waals surface area contributed by atoms with E-state index in [1.807, 2.05) is 12.1 Å². The maximum Gasteiger partial charge on any atom is 0.305 e. The van der Waals surface area contributed by atoms with Gasteiger partial charge in [0.05, 0.1) is 4.92 Å². The molecule has 21 heavy (non-hydrogen) atoms. The van der Waals surface area contributed by atoms with Gasteiger partial charge in [0.15, 0.2) is 0 Å². The molecule has 1 aliphatic rings. The van der Waals surface area contributed by atoms with Gasteiger partial charge in [-0.05, 0) is 23.6 Å². The molecule has 1 aliphatic carbocycles. The Kier molecular flexibility index (Phi) is 3.24. The van der Waals surface area contributed by atoms with Crippen molar-refractivity contribution in [1.29, 1.82) is 5.26 Å². The minimum Gasteiger partial charge on any atom is -0.369 e. The van der Waals surface area contributed by atoms with Crippen molar-refractivity contribution in [3.05, 3.63) is 63.3 Å². The minimum atomic E-state index is -0.600. The first kappa shape index (κ1) is 13.1. The molecular weight excluding hydrogens is 268 g/mol. The monoisotopic (exact) mass is 280 g/mol. The Morgan fingerprint density at radius 3 is 2.90 bits per heavy atom. The molecule has 1 heterocycles. The van der Waals surface area contributed by atoms with Crippen molar-refractivity contribution in [3.8, 4) is 6.07 Å². The van der Waals surface area contributed by atoms with Crippen LogP contribution in [0.1, 0.15) is 22.7 Å². The number of rotatable bonds is 4. The second-order valence-electron chi connectivity index (χ2n) is 4.91. The number of aromatic nitrogens is 1. The van der Waals surface area contributed by atoms with Crippen LogP contribution in [-0.2, 0) is 6.42 Å². The quantitative estimate of drug-likeness (QED) is 0.686. The van der Waals surface area contributed by atoms with Crippen LogP contribution in [0, 0.1) is 21.4 Å². The van der Waals surface area contributed by atoms with Gasteiger partial charge in [-0.1, -0.05) is 24.3 Å². The van der Waals surface area contributed by atoms with Crippen molar-refractivity contribution >= 4 is 11.5 Å². The molecule has 3 rings (SSSR count). The highest BCUT2D eigenvalue weighted by atomic mass is 16.6. The number of benzene rings is 1. The molecule has 0 aliphatic heterocycles. The van der Waals surface area contributed by atoms with Gasteiger partial charge in [0.1, 0.15) is 11.9 Å². The fraction of sp³-hybridized carbons (Fsp3) is 0.200. The van der Waals surface area contributed by atoms with E-state index in [4.69, 9.17) is 5.26 Å². The van der Waals surface area contributed by atoms with Crippen LogP contribution >= 0.6 is 0 Å². The molecule has 1 aromatic carbocycles. The fourth-order valence-corrected chi connectivity index (χ4v) is 2.55. The van der Waals surface area contributed by atoms with E-state index in [1.165, 1.54) is 23.3 Å². The molecule has 6 heteroatoms. The molecule has 2 aromatic rings. The molecular formula is C15H12N4O2. The number of anilines is 1. The maximum atomic E-state index is 10.7. The number of nitriles is 1. The molecule has 1 unspecified atom stereocenters. The van der Waals surface area contributed by atoms with Gasteiger partial charge in [-0.2, -0.15) is 5.26 Å². The Bertz CT molecular complexity index is 752. The smallest absolute Gasteiger partial charge is 0.305 e. The highest BCUT2D eigenvalue weighted by Gasteiger charge is 2.25. The third-order valence-electron chi connectivity index (χ3n) is 3.67. The molecule has 1 atom stereocenters. The van der Waals surface area contributed by atoms with E-state index in [0.717, 1.165) is 6.42 Å². The van der Waals surface area contributed by atoms with E-state index in [9.17, 15) is 10.1 Å². The Hall–Kier alpha value is -2.94. The topological polar surface area (TPSA) is 91.8 Å². The molecule has 0 bridgehead atoms. The van der Waals surface area contributed by atoms with Crippen LogP contribution in [0.4, 0.5) is 11.5 Å². The predicted octanol–water partition coefficient (Wildman–Crippen LogP) is 2.61. The third kappa shape index (κ3) is 2.41. The highest BCUT2D eigenvalue weighted by Crippen LogP contribution is 2.34. The van der Waals surface area contributed by atoms with Crippen molar-refractivity contribution in [2.45, 2.75) is 12.3 Å². The van der Waals surface area contributed by atoms with Gasteiger partial charge in [0.25, 0.3) is 0 Å². The van der Waals surface area contributed by atoms with Crippen molar-refractivity contribution in [2.75, 3.05) is 11.9 Å². The first-order chi connectivity index (χ1) is 10.2. The van der Waals surface area contributed by atoms with Crippen LogP contribution in [0.2, 0.25) is 0 Å². The minimum absolute atomic E-state index is 0.168. The lowest BCUT2D eigenvalue weighted by molar-refractivity contribution is -0.385. The summed E-state index contributed by atoms with van der Waals surface area (Å²) in [5.41, 5.74) is 2.25. The summed E-state index contributed by atoms with van der Waals surface area (Å²) in [6, 6.07) is 12.9. The lowest BCUT2D eigenvalue weighted by Crippen LogP contribution is -2.24. The van der Waals surface area contributed by atoms with Crippen LogP contribution in [0.5, 0.6) is 0 Å². The van der Waals surface area contributed by atoms with E-state index < -0.39 is 4.92 Å². The molecule has 0 radical (unpaired) electrons. The van der Waals surface area contributed by atoms with Gasteiger partial charge < -0.3 is 5.32 Å². The molecule has 0 amide bonds. The number of fused-ring (bicyclic) bond motifs is 1. The van der Waals surface area contributed by atoms with Gasteiger partial charge in [-0.3, -0.25) is 10.1 Å². The predicted molar refractivity (Wildman–Crippen MR) is 77.0 cm³/mol. The number of hydrogen-bond acceptors (Lipinski definition) is 5. The summed E-state index contributed by atoms with van der Waals surface area (Å²) in [6.07, 6.45) is 1.02. The van der Waals surface area contributed by atoms with E-state index >= 15 is 0 Å². The normalized spacial score (nSPS) is 15.5. The Labute approximate surface area is 121 Å². The van der Waals surface area contributed by atoms with Crippen LogP contribution in [0.25, 0.3) is 0 Å². The third-order valence-corrected chi connectivity index (χ3v) is 3.67. The standard InChI is InChI=1S/C15H12N4O2/c16-8-13-14(19(20)21)5-6-15(18-13)17-9-11-7-10-3-1-2-4-12(10)11/h1-6,11H,7,9H2,(H,17,18). The summed E-state index contributed by atoms with van der Waals surface area (Å²) in [7, 11) is 0. The van der Waals surface area contributed by atoms with Crippen molar-refractivity contribution in [1.82, 2.24) is 4.98 Å². The summed E-state index contributed by atoms with van der Waals surface area (Å²) in [4.78, 5) is 14.1. The number of hydrogen-bond donors (Lipinski definition) is 1. The van der Waals surface area contributed by atoms with E-state index in [1.54, 1.807) is 6.07 Å². The summed E-state index contributed by atoms with van der Waals surface area (Å²) in [5, 5.41) is 22.8. The van der Waals surface area contributed by atoms with Gasteiger partial charge in [0.2, 0.25) is 5.69 Å². The second-order valence-corrected chi connectivity index (χ2v) is 4.91. The van der Waals surface area contributed by atoms with Crippen molar-refractivity contribution < 1.29 is 4.92 Å². The van der Waals surface area contributed by atoms with Crippen LogP contribution in [-0.4, -0.2) is 16.5 Å². The molecule has 1 aromatic heterocycles. The maximum absolute atomic E-state index is 10.7. The Morgan fingerprint density at radius 1 is 1.38 bits per heavy atom. The average molecular weight is 280 g/mol. The number of nitrogens with zero attached hydrogens (tertiary/aromatic N) is 3. The zero-order chi connectivity index (χ0) is 14.8. The molecule has 6 nitrogen and oxygen atoms in total. The summed E-state index contributed by atoms with van der Waals surface area (Å²) >= 11 is 0. The van der Waals surface area contributed by atoms with E-state index in [2.05, 4.69) is 22.4 Å². The molecule has 0 saturated carbocycles. The second kappa shape index (κ2) is 5.21. The van der Waals surface area contributed by atoms with Crippen LogP contribution < -0.4 is 5.32 Å². The van der Waals surface area contributed by atoms with Crippen LogP contribution in [0.3, 0.4) is 0 Å². The Morgan fingerprint density at radius 2 is 2.19 bits per heavy atom. The molecule has 0 fully saturated rings. The molecule has 0 saturated heterocycles. The summed E-state index contributed by atoms with van der Waals surface area (Å²) < 4.78 is 0. The molecule has 104 valence electrons. The lowest BCUT2D eigenvalue weighted by Gasteiger charge is -2.30. The number of pyridine rings is 1. The Balaban J connectivity index is 1.70. The van der Waals surface area contributed by atoms with Gasteiger partial charge in [-0.25, -0.2) is 4.98 Å². The average Bonchev–Trinajstić information content (AvgIpc) is 2.47. The first-order valence-corrected chi connectivity index (χ1v) is 6.56. The largest absolute Gasteiger partial charge is 0.369 e. The zero-order valence-corrected chi connectivity index (χ0v) is 11.1. The summed E-state index contributed by atoms with van der Waals surface area (Å²) in [5.74, 6) is 0.908. The van der Waals surface area contributed by atoms with Gasteiger partial charge in [-0.15, -0.1) is 0 Å². The highest BCUT2D eigenvalue weighted by molar-refractivity contribution is 5.51. The first-order valence-electron chi connectivity index (χ1n) is 6.56. The SMILES string of the molecule is N#Cc1nc(NCC2Cc3ccccc32)ccc1[N+](=O)[O-]. The lowest BCUT2D eigenvalue weighted by atomic mass is 9.77. The fourth-order valence-electron chi connectivity index (χ4n) is 2.55. The van der Waals surface area contributed by atoms with Gasteiger partial charge >= 0.3 is 5.69 Å². The zero-order valence-electron chi connectivity index (χ0n) is 11.1. The summed E-state index contributed by atoms with van der Waals surface area (Å²) in [6.45, 7) is 0.701. The van der Waals surface area contributed by atoms with Crippen molar-refractivity contribution in [3.63, 3.8) is 0 Å². The van der Waals surface area contributed by atoms with E-state index in [0.29, 0.717) is 18.3 Å². The number of nitrogens with one attached hydrogen (secondary N) is 1. The van der Waals surface area contributed by atoms with Crippen molar-refractivity contribution in [2.24, 2.45) is 0 Å². The molecule has 1 N–H and O–H groups in total. The van der Waals surface area contributed by atoms with Gasteiger partial charge in [0, 0.05) is 18.5 Å².